The second kappa shape index (κ2) is 7.22. The number of ether oxygens (including phenoxy) is 1. The van der Waals surface area contributed by atoms with Crippen molar-refractivity contribution in [2.45, 2.75) is 33.2 Å². The van der Waals surface area contributed by atoms with E-state index < -0.39 is 0 Å². The molecule has 0 bridgehead atoms. The molecule has 0 aromatic carbocycles. The first-order chi connectivity index (χ1) is 8.86. The smallest absolute Gasteiger partial charge is 0.224 e. The first kappa shape index (κ1) is 16.4. The highest BCUT2D eigenvalue weighted by Crippen LogP contribution is 2.23. The van der Waals surface area contributed by atoms with E-state index in [1.54, 1.807) is 0 Å². The first-order valence-corrected chi connectivity index (χ1v) is 7.03. The predicted molar refractivity (Wildman–Crippen MR) is 75.0 cm³/mol. The summed E-state index contributed by atoms with van der Waals surface area (Å²) in [6.45, 7) is 9.79. The minimum absolute atomic E-state index is 0.00547. The lowest BCUT2D eigenvalue weighted by atomic mass is 9.86. The zero-order chi connectivity index (χ0) is 14.5. The molecule has 5 nitrogen and oxygen atoms in total. The molecule has 1 saturated heterocycles. The summed E-state index contributed by atoms with van der Waals surface area (Å²) in [5, 5.41) is 9.49. The standard InChI is InChI=1S/C14H28N2O3/c1-14(2,3)12(11-17)15(4)6-5-13(18)16-7-9-19-10-8-16/h12,17H,5-11H2,1-4H3. The molecule has 1 fully saturated rings. The van der Waals surface area contributed by atoms with Crippen molar-refractivity contribution in [3.8, 4) is 0 Å². The fourth-order valence-electron chi connectivity index (χ4n) is 2.47. The highest BCUT2D eigenvalue weighted by molar-refractivity contribution is 5.76. The van der Waals surface area contributed by atoms with Gasteiger partial charge in [-0.1, -0.05) is 20.8 Å². The summed E-state index contributed by atoms with van der Waals surface area (Å²) < 4.78 is 5.24. The Kier molecular flexibility index (Phi) is 6.23. The Balaban J connectivity index is 2.40. The Morgan fingerprint density at radius 3 is 2.42 bits per heavy atom. The van der Waals surface area contributed by atoms with E-state index in [4.69, 9.17) is 4.74 Å². The maximum absolute atomic E-state index is 12.0. The third kappa shape index (κ3) is 5.09. The monoisotopic (exact) mass is 272 g/mol. The Bertz CT molecular complexity index is 283. The molecular formula is C14H28N2O3. The minimum Gasteiger partial charge on any atom is -0.395 e. The van der Waals surface area contributed by atoms with E-state index in [0.717, 1.165) is 0 Å². The summed E-state index contributed by atoms with van der Waals surface area (Å²) in [6, 6.07) is 0.0741. The SMILES string of the molecule is CN(CCC(=O)N1CCOCC1)C(CO)C(C)(C)C. The topological polar surface area (TPSA) is 53.0 Å². The maximum Gasteiger partial charge on any atom is 0.224 e. The van der Waals surface area contributed by atoms with Gasteiger partial charge in [0, 0.05) is 32.1 Å². The fraction of sp³-hybridized carbons (Fsp3) is 0.929. The lowest BCUT2D eigenvalue weighted by Crippen LogP contribution is -2.46. The average molecular weight is 272 g/mol. The van der Waals surface area contributed by atoms with Gasteiger partial charge in [0.25, 0.3) is 0 Å². The molecule has 1 heterocycles. The molecule has 1 aliphatic heterocycles. The molecule has 1 unspecified atom stereocenters. The second-order valence-electron chi connectivity index (χ2n) is 6.29. The minimum atomic E-state index is 0.00547. The summed E-state index contributed by atoms with van der Waals surface area (Å²) in [7, 11) is 1.97. The van der Waals surface area contributed by atoms with Crippen LogP contribution >= 0.6 is 0 Å². The number of rotatable bonds is 5. The Hall–Kier alpha value is -0.650. The van der Waals surface area contributed by atoms with Crippen LogP contribution in [0.2, 0.25) is 0 Å². The van der Waals surface area contributed by atoms with Gasteiger partial charge in [-0.05, 0) is 12.5 Å². The number of nitrogens with zero attached hydrogens (tertiary/aromatic N) is 2. The third-order valence-electron chi connectivity index (χ3n) is 3.75. The van der Waals surface area contributed by atoms with Gasteiger partial charge in [-0.15, -0.1) is 0 Å². The molecule has 0 aromatic heterocycles. The van der Waals surface area contributed by atoms with Crippen LogP contribution in [0.5, 0.6) is 0 Å². The Morgan fingerprint density at radius 1 is 1.37 bits per heavy atom. The van der Waals surface area contributed by atoms with Gasteiger partial charge in [-0.2, -0.15) is 0 Å². The van der Waals surface area contributed by atoms with Crippen LogP contribution in [0, 0.1) is 5.41 Å². The van der Waals surface area contributed by atoms with E-state index in [1.165, 1.54) is 0 Å². The summed E-state index contributed by atoms with van der Waals surface area (Å²) in [6.07, 6.45) is 0.503. The van der Waals surface area contributed by atoms with Crippen molar-refractivity contribution in [3.05, 3.63) is 0 Å². The largest absolute Gasteiger partial charge is 0.395 e. The van der Waals surface area contributed by atoms with Crippen LogP contribution in [0.25, 0.3) is 0 Å². The van der Waals surface area contributed by atoms with Crippen molar-refractivity contribution in [2.24, 2.45) is 5.41 Å². The van der Waals surface area contributed by atoms with Gasteiger partial charge < -0.3 is 19.6 Å². The number of carbonyl (C=O) groups excluding carboxylic acids is 1. The molecule has 19 heavy (non-hydrogen) atoms. The van der Waals surface area contributed by atoms with Crippen molar-refractivity contribution >= 4 is 5.91 Å². The summed E-state index contributed by atoms with van der Waals surface area (Å²) in [5.74, 6) is 0.181. The number of carbonyl (C=O) groups is 1. The number of hydrogen-bond donors (Lipinski definition) is 1. The lowest BCUT2D eigenvalue weighted by Gasteiger charge is -2.37. The third-order valence-corrected chi connectivity index (χ3v) is 3.75. The van der Waals surface area contributed by atoms with Crippen molar-refractivity contribution in [2.75, 3.05) is 46.5 Å². The zero-order valence-corrected chi connectivity index (χ0v) is 12.7. The summed E-state index contributed by atoms with van der Waals surface area (Å²) in [4.78, 5) is 16.0. The fourth-order valence-corrected chi connectivity index (χ4v) is 2.47. The molecule has 5 heteroatoms. The molecule has 112 valence electrons. The van der Waals surface area contributed by atoms with Crippen LogP contribution < -0.4 is 0 Å². The predicted octanol–water partition coefficient (Wildman–Crippen LogP) is 0.574. The summed E-state index contributed by atoms with van der Waals surface area (Å²) >= 11 is 0. The zero-order valence-electron chi connectivity index (χ0n) is 12.7. The normalized spacial score (nSPS) is 18.7. The Morgan fingerprint density at radius 2 is 1.95 bits per heavy atom. The van der Waals surface area contributed by atoms with E-state index in [-0.39, 0.29) is 24.0 Å². The van der Waals surface area contributed by atoms with E-state index in [1.807, 2.05) is 11.9 Å². The molecule has 0 saturated carbocycles. The Labute approximate surface area is 116 Å². The lowest BCUT2D eigenvalue weighted by molar-refractivity contribution is -0.135. The molecule has 0 radical (unpaired) electrons. The number of morpholine rings is 1. The van der Waals surface area contributed by atoms with Gasteiger partial charge in [0.05, 0.1) is 19.8 Å². The molecule has 1 amide bonds. The molecule has 0 aliphatic carbocycles. The van der Waals surface area contributed by atoms with Crippen LogP contribution in [0.1, 0.15) is 27.2 Å². The maximum atomic E-state index is 12.0. The highest BCUT2D eigenvalue weighted by Gasteiger charge is 2.28. The van der Waals surface area contributed by atoms with Crippen LogP contribution in [-0.2, 0) is 9.53 Å². The van der Waals surface area contributed by atoms with Gasteiger partial charge in [-0.3, -0.25) is 4.79 Å². The quantitative estimate of drug-likeness (QED) is 0.795. The van der Waals surface area contributed by atoms with E-state index >= 15 is 0 Å². The van der Waals surface area contributed by atoms with E-state index in [0.29, 0.717) is 39.3 Å². The first-order valence-electron chi connectivity index (χ1n) is 7.03. The van der Waals surface area contributed by atoms with Gasteiger partial charge in [-0.25, -0.2) is 0 Å². The molecule has 0 aromatic rings. The number of amides is 1. The van der Waals surface area contributed by atoms with Gasteiger partial charge in [0.1, 0.15) is 0 Å². The number of likely N-dealkylation sites (N-methyl/N-ethyl adjacent to an activating group) is 1. The van der Waals surface area contributed by atoms with Crippen molar-refractivity contribution in [3.63, 3.8) is 0 Å². The summed E-state index contributed by atoms with van der Waals surface area (Å²) in [5.41, 5.74) is 0.00547. The van der Waals surface area contributed by atoms with E-state index in [2.05, 4.69) is 25.7 Å². The van der Waals surface area contributed by atoms with Crippen LogP contribution in [0.4, 0.5) is 0 Å². The van der Waals surface area contributed by atoms with Gasteiger partial charge in [0.15, 0.2) is 0 Å². The molecule has 1 atom stereocenters. The average Bonchev–Trinajstić information content (AvgIpc) is 2.36. The second-order valence-corrected chi connectivity index (χ2v) is 6.29. The molecular weight excluding hydrogens is 244 g/mol. The van der Waals surface area contributed by atoms with Crippen molar-refractivity contribution in [1.29, 1.82) is 0 Å². The van der Waals surface area contributed by atoms with Crippen LogP contribution in [0.3, 0.4) is 0 Å². The van der Waals surface area contributed by atoms with Crippen LogP contribution in [-0.4, -0.2) is 73.4 Å². The van der Waals surface area contributed by atoms with E-state index in [9.17, 15) is 9.90 Å². The number of aliphatic hydroxyl groups excluding tert-OH is 1. The molecule has 1 rings (SSSR count). The molecule has 1 N–H and O–H groups in total. The van der Waals surface area contributed by atoms with Gasteiger partial charge in [0.2, 0.25) is 5.91 Å². The molecule has 1 aliphatic rings. The molecule has 0 spiro atoms. The highest BCUT2D eigenvalue weighted by atomic mass is 16.5. The number of hydrogen-bond acceptors (Lipinski definition) is 4. The van der Waals surface area contributed by atoms with Crippen LogP contribution in [0.15, 0.2) is 0 Å². The number of aliphatic hydroxyl groups is 1. The van der Waals surface area contributed by atoms with Crippen molar-refractivity contribution < 1.29 is 14.6 Å². The van der Waals surface area contributed by atoms with Gasteiger partial charge >= 0.3 is 0 Å². The van der Waals surface area contributed by atoms with Crippen molar-refractivity contribution in [1.82, 2.24) is 9.80 Å².